The zero-order valence-corrected chi connectivity index (χ0v) is 13.5. The molecule has 1 heterocycles. The van der Waals surface area contributed by atoms with Crippen molar-refractivity contribution < 1.29 is 0 Å². The molecule has 0 spiro atoms. The summed E-state index contributed by atoms with van der Waals surface area (Å²) in [5.41, 5.74) is 1.53. The molecule has 4 nitrogen and oxygen atoms in total. The number of likely N-dealkylation sites (N-methyl/N-ethyl adjacent to an activating group) is 1. The summed E-state index contributed by atoms with van der Waals surface area (Å²) in [5, 5.41) is 12.6. The molecule has 1 N–H and O–H groups in total. The number of hydrogen-bond acceptors (Lipinski definition) is 4. The maximum atomic E-state index is 8.95. The van der Waals surface area contributed by atoms with Gasteiger partial charge < -0.3 is 10.2 Å². The number of nitrogens with zero attached hydrogens (tertiary/aromatic N) is 3. The van der Waals surface area contributed by atoms with E-state index in [0.29, 0.717) is 10.8 Å². The monoisotopic (exact) mass is 314 g/mol. The van der Waals surface area contributed by atoms with Crippen LogP contribution in [0, 0.1) is 11.3 Å². The number of nitrogens with one attached hydrogen (secondary N) is 1. The number of rotatable bonds is 6. The van der Waals surface area contributed by atoms with E-state index in [9.17, 15) is 0 Å². The summed E-state index contributed by atoms with van der Waals surface area (Å²) in [6.07, 6.45) is 0. The van der Waals surface area contributed by atoms with Crippen LogP contribution < -0.4 is 5.32 Å². The second-order valence-electron chi connectivity index (χ2n) is 5.37. The van der Waals surface area contributed by atoms with Crippen LogP contribution in [-0.4, -0.2) is 29.5 Å². The third kappa shape index (κ3) is 4.73. The van der Waals surface area contributed by atoms with Gasteiger partial charge in [0, 0.05) is 19.1 Å². The molecule has 22 heavy (non-hydrogen) atoms. The average molecular weight is 315 g/mol. The Hall–Kier alpha value is -2.09. The highest BCUT2D eigenvalue weighted by Gasteiger charge is 2.09. The first-order valence-electron chi connectivity index (χ1n) is 7.14. The van der Waals surface area contributed by atoms with Crippen molar-refractivity contribution in [2.45, 2.75) is 19.5 Å². The smallest absolute Gasteiger partial charge is 0.161 e. The highest BCUT2D eigenvalue weighted by molar-refractivity contribution is 6.31. The SMILES string of the molecule is CC(CN(C)Cc1ccccc1)Nc1ccc(Cl)c(C#N)n1. The first-order chi connectivity index (χ1) is 10.6. The number of pyridine rings is 1. The Labute approximate surface area is 136 Å². The zero-order chi connectivity index (χ0) is 15.9. The van der Waals surface area contributed by atoms with E-state index in [1.807, 2.05) is 24.3 Å². The maximum Gasteiger partial charge on any atom is 0.161 e. The number of halogens is 1. The van der Waals surface area contributed by atoms with Gasteiger partial charge in [0.25, 0.3) is 0 Å². The summed E-state index contributed by atoms with van der Waals surface area (Å²) >= 11 is 5.89. The van der Waals surface area contributed by atoms with Crippen molar-refractivity contribution in [1.29, 1.82) is 5.26 Å². The van der Waals surface area contributed by atoms with Crippen LogP contribution in [0.1, 0.15) is 18.2 Å². The van der Waals surface area contributed by atoms with E-state index in [4.69, 9.17) is 16.9 Å². The first kappa shape index (κ1) is 16.3. The molecule has 0 radical (unpaired) electrons. The summed E-state index contributed by atoms with van der Waals surface area (Å²) in [6.45, 7) is 3.84. The molecule has 0 aliphatic rings. The Bertz CT molecular complexity index is 651. The lowest BCUT2D eigenvalue weighted by molar-refractivity contribution is 0.316. The molecular weight excluding hydrogens is 296 g/mol. The minimum atomic E-state index is 0.203. The van der Waals surface area contributed by atoms with Crippen LogP contribution in [0.5, 0.6) is 0 Å². The fraction of sp³-hybridized carbons (Fsp3) is 0.294. The van der Waals surface area contributed by atoms with E-state index in [1.54, 1.807) is 12.1 Å². The predicted molar refractivity (Wildman–Crippen MR) is 89.8 cm³/mol. The Morgan fingerprint density at radius 3 is 2.68 bits per heavy atom. The van der Waals surface area contributed by atoms with E-state index in [2.05, 4.69) is 41.3 Å². The van der Waals surface area contributed by atoms with Gasteiger partial charge in [-0.1, -0.05) is 41.9 Å². The van der Waals surface area contributed by atoms with E-state index in [1.165, 1.54) is 5.56 Å². The van der Waals surface area contributed by atoms with Crippen LogP contribution in [0.3, 0.4) is 0 Å². The first-order valence-corrected chi connectivity index (χ1v) is 7.52. The Morgan fingerprint density at radius 1 is 1.27 bits per heavy atom. The number of benzene rings is 1. The molecule has 0 saturated carbocycles. The lowest BCUT2D eigenvalue weighted by Gasteiger charge is -2.22. The third-order valence-corrected chi connectivity index (χ3v) is 3.53. The fourth-order valence-electron chi connectivity index (χ4n) is 2.33. The van der Waals surface area contributed by atoms with Gasteiger partial charge in [0.2, 0.25) is 0 Å². The van der Waals surface area contributed by atoms with Gasteiger partial charge in [-0.25, -0.2) is 4.98 Å². The molecular formula is C17H19ClN4. The average Bonchev–Trinajstić information content (AvgIpc) is 2.50. The van der Waals surface area contributed by atoms with Gasteiger partial charge in [0.15, 0.2) is 5.69 Å². The molecule has 1 aromatic heterocycles. The van der Waals surface area contributed by atoms with E-state index in [-0.39, 0.29) is 11.7 Å². The van der Waals surface area contributed by atoms with Crippen molar-refractivity contribution in [2.75, 3.05) is 18.9 Å². The summed E-state index contributed by atoms with van der Waals surface area (Å²) in [5.74, 6) is 0.668. The molecule has 1 aromatic carbocycles. The standard InChI is InChI=1S/C17H19ClN4/c1-13(11-22(2)12-14-6-4-3-5-7-14)20-17-9-8-15(18)16(10-19)21-17/h3-9,13H,11-12H2,1-2H3,(H,20,21). The Balaban J connectivity index is 1.90. The number of hydrogen-bond donors (Lipinski definition) is 1. The number of aromatic nitrogens is 1. The van der Waals surface area contributed by atoms with Crippen LogP contribution in [0.15, 0.2) is 42.5 Å². The number of anilines is 1. The molecule has 2 rings (SSSR count). The van der Waals surface area contributed by atoms with Crippen LogP contribution in [0.25, 0.3) is 0 Å². The minimum Gasteiger partial charge on any atom is -0.366 e. The third-order valence-electron chi connectivity index (χ3n) is 3.23. The van der Waals surface area contributed by atoms with Gasteiger partial charge in [-0.2, -0.15) is 5.26 Å². The van der Waals surface area contributed by atoms with Gasteiger partial charge >= 0.3 is 0 Å². The van der Waals surface area contributed by atoms with E-state index >= 15 is 0 Å². The van der Waals surface area contributed by atoms with Crippen molar-refractivity contribution in [3.63, 3.8) is 0 Å². The van der Waals surface area contributed by atoms with Crippen LogP contribution in [0.2, 0.25) is 5.02 Å². The molecule has 1 atom stereocenters. The van der Waals surface area contributed by atoms with Crippen molar-refractivity contribution in [3.05, 3.63) is 58.7 Å². The highest BCUT2D eigenvalue weighted by Crippen LogP contribution is 2.16. The summed E-state index contributed by atoms with van der Waals surface area (Å²) < 4.78 is 0. The Morgan fingerprint density at radius 2 is 2.00 bits per heavy atom. The molecule has 1 unspecified atom stereocenters. The lowest BCUT2D eigenvalue weighted by Crippen LogP contribution is -2.32. The van der Waals surface area contributed by atoms with Gasteiger partial charge in [0.1, 0.15) is 11.9 Å². The lowest BCUT2D eigenvalue weighted by atomic mass is 10.2. The van der Waals surface area contributed by atoms with Crippen LogP contribution in [-0.2, 0) is 6.54 Å². The molecule has 0 amide bonds. The topological polar surface area (TPSA) is 52.0 Å². The largest absolute Gasteiger partial charge is 0.366 e. The normalized spacial score (nSPS) is 12.0. The van der Waals surface area contributed by atoms with E-state index in [0.717, 1.165) is 13.1 Å². The van der Waals surface area contributed by atoms with Crippen molar-refractivity contribution in [2.24, 2.45) is 0 Å². The molecule has 0 fully saturated rings. The molecule has 114 valence electrons. The van der Waals surface area contributed by atoms with Crippen molar-refractivity contribution >= 4 is 17.4 Å². The second kappa shape index (κ2) is 7.79. The highest BCUT2D eigenvalue weighted by atomic mass is 35.5. The van der Waals surface area contributed by atoms with Crippen LogP contribution >= 0.6 is 11.6 Å². The molecule has 5 heteroatoms. The summed E-state index contributed by atoms with van der Waals surface area (Å²) in [7, 11) is 2.08. The fourth-order valence-corrected chi connectivity index (χ4v) is 2.47. The predicted octanol–water partition coefficient (Wildman–Crippen LogP) is 3.54. The zero-order valence-electron chi connectivity index (χ0n) is 12.8. The van der Waals surface area contributed by atoms with Crippen LogP contribution in [0.4, 0.5) is 5.82 Å². The molecule has 0 aliphatic heterocycles. The van der Waals surface area contributed by atoms with Gasteiger partial charge in [0.05, 0.1) is 5.02 Å². The molecule has 2 aromatic rings. The number of nitriles is 1. The van der Waals surface area contributed by atoms with Crippen molar-refractivity contribution in [1.82, 2.24) is 9.88 Å². The maximum absolute atomic E-state index is 8.95. The molecule has 0 saturated heterocycles. The Kier molecular flexibility index (Phi) is 5.76. The van der Waals surface area contributed by atoms with Crippen molar-refractivity contribution in [3.8, 4) is 6.07 Å². The van der Waals surface area contributed by atoms with Gasteiger partial charge in [-0.15, -0.1) is 0 Å². The second-order valence-corrected chi connectivity index (χ2v) is 5.77. The molecule has 0 aliphatic carbocycles. The minimum absolute atomic E-state index is 0.203. The summed E-state index contributed by atoms with van der Waals surface area (Å²) in [6, 6.07) is 16.0. The van der Waals surface area contributed by atoms with Gasteiger partial charge in [-0.05, 0) is 31.7 Å². The van der Waals surface area contributed by atoms with Gasteiger partial charge in [-0.3, -0.25) is 0 Å². The van der Waals surface area contributed by atoms with E-state index < -0.39 is 0 Å². The summed E-state index contributed by atoms with van der Waals surface area (Å²) in [4.78, 5) is 6.44. The molecule has 0 bridgehead atoms. The quantitative estimate of drug-likeness (QED) is 0.886.